The van der Waals surface area contributed by atoms with Crippen LogP contribution in [0, 0.1) is 28.4 Å². The quantitative estimate of drug-likeness (QED) is 0.686. The van der Waals surface area contributed by atoms with Crippen molar-refractivity contribution in [3.63, 3.8) is 0 Å². The van der Waals surface area contributed by atoms with Crippen molar-refractivity contribution in [2.24, 2.45) is 0 Å². The molecule has 0 saturated heterocycles. The van der Waals surface area contributed by atoms with E-state index in [0.717, 1.165) is 0 Å². The number of nitrogens with zero attached hydrogens (tertiary/aromatic N) is 3. The average molecular weight is 282 g/mol. The molecule has 1 aromatic carbocycles. The van der Waals surface area contributed by atoms with Crippen molar-refractivity contribution in [3.8, 4) is 6.07 Å². The number of amides is 1. The lowest BCUT2D eigenvalue weighted by molar-refractivity contribution is -0.384. The van der Waals surface area contributed by atoms with Crippen LogP contribution in [0.1, 0.15) is 21.5 Å². The largest absolute Gasteiger partial charge is 0.307 e. The van der Waals surface area contributed by atoms with E-state index < -0.39 is 10.8 Å². The highest BCUT2D eigenvalue weighted by Gasteiger charge is 2.14. The van der Waals surface area contributed by atoms with Crippen LogP contribution in [0.15, 0.2) is 36.5 Å². The van der Waals surface area contributed by atoms with E-state index in [-0.39, 0.29) is 5.69 Å². The third-order valence-corrected chi connectivity index (χ3v) is 2.80. The first kappa shape index (κ1) is 14.1. The van der Waals surface area contributed by atoms with Crippen molar-refractivity contribution >= 4 is 17.4 Å². The van der Waals surface area contributed by atoms with Gasteiger partial charge in [-0.25, -0.2) is 4.98 Å². The molecule has 0 aliphatic heterocycles. The van der Waals surface area contributed by atoms with Gasteiger partial charge in [0.05, 0.1) is 10.5 Å². The van der Waals surface area contributed by atoms with E-state index in [9.17, 15) is 14.9 Å². The van der Waals surface area contributed by atoms with Gasteiger partial charge in [-0.1, -0.05) is 0 Å². The highest BCUT2D eigenvalue weighted by molar-refractivity contribution is 6.04. The number of nitro groups is 1. The summed E-state index contributed by atoms with van der Waals surface area (Å²) in [6.07, 6.45) is 1.35. The Morgan fingerprint density at radius 1 is 1.38 bits per heavy atom. The Kier molecular flexibility index (Phi) is 3.90. The normalized spacial score (nSPS) is 9.71. The molecule has 1 N–H and O–H groups in total. The zero-order valence-corrected chi connectivity index (χ0v) is 11.0. The first-order valence-electron chi connectivity index (χ1n) is 5.94. The second-order valence-corrected chi connectivity index (χ2v) is 4.25. The summed E-state index contributed by atoms with van der Waals surface area (Å²) >= 11 is 0. The summed E-state index contributed by atoms with van der Waals surface area (Å²) in [4.78, 5) is 26.1. The maximum absolute atomic E-state index is 12.1. The number of nitro benzene ring substituents is 1. The number of nitriles is 1. The van der Waals surface area contributed by atoms with E-state index in [2.05, 4.69) is 10.3 Å². The summed E-state index contributed by atoms with van der Waals surface area (Å²) in [5.74, 6) is -0.114. The van der Waals surface area contributed by atoms with Gasteiger partial charge in [0.2, 0.25) is 0 Å². The van der Waals surface area contributed by atoms with Crippen LogP contribution < -0.4 is 5.32 Å². The van der Waals surface area contributed by atoms with E-state index in [1.165, 1.54) is 36.5 Å². The number of hydrogen-bond donors (Lipinski definition) is 1. The minimum absolute atomic E-state index is 0.0689. The van der Waals surface area contributed by atoms with E-state index in [1.807, 2.05) is 6.07 Å². The Hall–Kier alpha value is -3.27. The number of rotatable bonds is 3. The van der Waals surface area contributed by atoms with E-state index in [0.29, 0.717) is 22.5 Å². The molecule has 0 atom stereocenters. The number of aryl methyl sites for hydroxylation is 1. The first-order chi connectivity index (χ1) is 10.0. The van der Waals surface area contributed by atoms with Crippen molar-refractivity contribution in [2.75, 3.05) is 5.32 Å². The maximum Gasteiger partial charge on any atom is 0.269 e. The molecule has 0 aliphatic carbocycles. The van der Waals surface area contributed by atoms with Crippen molar-refractivity contribution in [3.05, 3.63) is 63.3 Å². The van der Waals surface area contributed by atoms with Gasteiger partial charge in [-0.05, 0) is 30.7 Å². The predicted molar refractivity (Wildman–Crippen MR) is 74.7 cm³/mol. The Bertz CT molecular complexity index is 748. The van der Waals surface area contributed by atoms with Crippen LogP contribution in [-0.4, -0.2) is 15.8 Å². The van der Waals surface area contributed by atoms with Crippen molar-refractivity contribution in [1.82, 2.24) is 4.98 Å². The van der Waals surface area contributed by atoms with E-state index in [1.54, 1.807) is 6.92 Å². The Labute approximate surface area is 120 Å². The second-order valence-electron chi connectivity index (χ2n) is 4.25. The third kappa shape index (κ3) is 3.19. The van der Waals surface area contributed by atoms with Gasteiger partial charge in [-0.3, -0.25) is 14.9 Å². The minimum Gasteiger partial charge on any atom is -0.307 e. The van der Waals surface area contributed by atoms with E-state index >= 15 is 0 Å². The average Bonchev–Trinajstić information content (AvgIpc) is 2.47. The van der Waals surface area contributed by atoms with Gasteiger partial charge >= 0.3 is 0 Å². The molecule has 0 unspecified atom stereocenters. The highest BCUT2D eigenvalue weighted by Crippen LogP contribution is 2.18. The zero-order valence-electron chi connectivity index (χ0n) is 11.0. The summed E-state index contributed by atoms with van der Waals surface area (Å²) in [7, 11) is 0. The Morgan fingerprint density at radius 2 is 2.14 bits per heavy atom. The summed E-state index contributed by atoms with van der Waals surface area (Å²) in [5.41, 5.74) is 1.14. The van der Waals surface area contributed by atoms with Crippen molar-refractivity contribution in [2.45, 2.75) is 6.92 Å². The molecule has 7 heteroatoms. The molecule has 0 saturated carbocycles. The number of carbonyl (C=O) groups is 1. The second kappa shape index (κ2) is 5.79. The third-order valence-electron chi connectivity index (χ3n) is 2.80. The van der Waals surface area contributed by atoms with Gasteiger partial charge in [0.15, 0.2) is 0 Å². The number of hydrogen-bond acceptors (Lipinski definition) is 5. The molecule has 1 aromatic heterocycles. The minimum atomic E-state index is -0.517. The smallest absolute Gasteiger partial charge is 0.269 e. The molecule has 7 nitrogen and oxygen atoms in total. The Balaban J connectivity index is 2.20. The number of non-ortho nitro benzene ring substituents is 1. The van der Waals surface area contributed by atoms with Crippen LogP contribution in [-0.2, 0) is 0 Å². The monoisotopic (exact) mass is 282 g/mol. The van der Waals surface area contributed by atoms with Gasteiger partial charge in [-0.2, -0.15) is 5.26 Å². The molecular weight excluding hydrogens is 272 g/mol. The van der Waals surface area contributed by atoms with Gasteiger partial charge in [0.1, 0.15) is 11.9 Å². The molecule has 2 aromatic rings. The highest BCUT2D eigenvalue weighted by atomic mass is 16.6. The summed E-state index contributed by atoms with van der Waals surface area (Å²) in [5, 5.41) is 21.9. The molecule has 1 heterocycles. The number of aromatic nitrogens is 1. The van der Waals surface area contributed by atoms with Gasteiger partial charge in [-0.15, -0.1) is 0 Å². The van der Waals surface area contributed by atoms with Crippen molar-refractivity contribution in [1.29, 1.82) is 5.26 Å². The fourth-order valence-electron chi connectivity index (χ4n) is 1.73. The first-order valence-corrected chi connectivity index (χ1v) is 5.94. The molecule has 0 fully saturated rings. The zero-order chi connectivity index (χ0) is 15.4. The maximum atomic E-state index is 12.1. The number of pyridine rings is 1. The Morgan fingerprint density at radius 3 is 2.67 bits per heavy atom. The predicted octanol–water partition coefficient (Wildman–Crippen LogP) is 2.42. The molecule has 0 spiro atoms. The van der Waals surface area contributed by atoms with Crippen LogP contribution in [0.25, 0.3) is 0 Å². The molecule has 0 bridgehead atoms. The van der Waals surface area contributed by atoms with E-state index in [4.69, 9.17) is 5.26 Å². The summed E-state index contributed by atoms with van der Waals surface area (Å²) in [6.45, 7) is 1.62. The molecule has 0 radical (unpaired) electrons. The number of nitrogens with one attached hydrogen (secondary N) is 1. The lowest BCUT2D eigenvalue weighted by atomic mass is 10.1. The SMILES string of the molecule is Cc1cc([N+](=O)[O-])ccc1C(=O)Nc1ccc(C#N)cn1. The fraction of sp³-hybridized carbons (Fsp3) is 0.0714. The molecule has 104 valence electrons. The van der Waals surface area contributed by atoms with Crippen LogP contribution in [0.2, 0.25) is 0 Å². The van der Waals surface area contributed by atoms with Crippen LogP contribution in [0.5, 0.6) is 0 Å². The molecule has 1 amide bonds. The number of anilines is 1. The van der Waals surface area contributed by atoms with Crippen molar-refractivity contribution < 1.29 is 9.72 Å². The topological polar surface area (TPSA) is 109 Å². The summed E-state index contributed by atoms with van der Waals surface area (Å²) in [6, 6.07) is 8.97. The number of carbonyl (C=O) groups excluding carboxylic acids is 1. The molecule has 2 rings (SSSR count). The lowest BCUT2D eigenvalue weighted by Crippen LogP contribution is -2.14. The standard InChI is InChI=1S/C14H10N4O3/c1-9-6-11(18(20)21)3-4-12(9)14(19)17-13-5-2-10(7-15)8-16-13/h2-6,8H,1H3,(H,16,17,19). The molecule has 21 heavy (non-hydrogen) atoms. The lowest BCUT2D eigenvalue weighted by Gasteiger charge is -2.06. The van der Waals surface area contributed by atoms with Crippen LogP contribution >= 0.6 is 0 Å². The van der Waals surface area contributed by atoms with Gasteiger partial charge < -0.3 is 5.32 Å². The van der Waals surface area contributed by atoms with Gasteiger partial charge in [0.25, 0.3) is 11.6 Å². The molecular formula is C14H10N4O3. The molecule has 0 aliphatic rings. The fourth-order valence-corrected chi connectivity index (χ4v) is 1.73. The summed E-state index contributed by atoms with van der Waals surface area (Å²) < 4.78 is 0. The van der Waals surface area contributed by atoms with Crippen LogP contribution in [0.3, 0.4) is 0 Å². The van der Waals surface area contributed by atoms with Gasteiger partial charge in [0, 0.05) is 23.9 Å². The van der Waals surface area contributed by atoms with Crippen LogP contribution in [0.4, 0.5) is 11.5 Å². The number of benzene rings is 1.